The molecule has 0 spiro atoms. The number of pyridine rings is 1. The van der Waals surface area contributed by atoms with E-state index in [4.69, 9.17) is 5.84 Å². The van der Waals surface area contributed by atoms with Crippen LogP contribution in [0.5, 0.6) is 0 Å². The minimum atomic E-state index is -0.489. The highest BCUT2D eigenvalue weighted by atomic mass is 19.1. The zero-order valence-electron chi connectivity index (χ0n) is 10.2. The Morgan fingerprint density at radius 1 is 1.56 bits per heavy atom. The molecule has 18 heavy (non-hydrogen) atoms. The number of nitrogens with two attached hydrogens (primary N) is 1. The first-order valence-corrected chi connectivity index (χ1v) is 5.85. The summed E-state index contributed by atoms with van der Waals surface area (Å²) in [5.41, 5.74) is 3.64. The lowest BCUT2D eigenvalue weighted by Gasteiger charge is -2.13. The highest BCUT2D eigenvalue weighted by molar-refractivity contribution is 5.24. The molecule has 1 atom stereocenters. The van der Waals surface area contributed by atoms with Gasteiger partial charge in [-0.05, 0) is 18.6 Å². The molecular formula is C12H16FN5. The number of aryl methyl sites for hydroxylation is 1. The Labute approximate surface area is 105 Å². The molecule has 6 heteroatoms. The second-order valence-corrected chi connectivity index (χ2v) is 4.01. The summed E-state index contributed by atoms with van der Waals surface area (Å²) in [6, 6.07) is 2.42. The average molecular weight is 249 g/mol. The molecule has 0 radical (unpaired) electrons. The average Bonchev–Trinajstić information content (AvgIpc) is 2.82. The monoisotopic (exact) mass is 249 g/mol. The Kier molecular flexibility index (Phi) is 4.01. The van der Waals surface area contributed by atoms with Crippen molar-refractivity contribution < 1.29 is 4.39 Å². The van der Waals surface area contributed by atoms with Crippen molar-refractivity contribution in [3.63, 3.8) is 0 Å². The molecule has 0 saturated heterocycles. The van der Waals surface area contributed by atoms with Gasteiger partial charge >= 0.3 is 0 Å². The van der Waals surface area contributed by atoms with Gasteiger partial charge in [-0.25, -0.2) is 9.82 Å². The van der Waals surface area contributed by atoms with Crippen LogP contribution in [0.4, 0.5) is 4.39 Å². The van der Waals surface area contributed by atoms with E-state index in [1.54, 1.807) is 23.1 Å². The van der Waals surface area contributed by atoms with Gasteiger partial charge in [0.25, 0.3) is 0 Å². The summed E-state index contributed by atoms with van der Waals surface area (Å²) >= 11 is 0. The van der Waals surface area contributed by atoms with Gasteiger partial charge in [0.05, 0.1) is 17.9 Å². The zero-order chi connectivity index (χ0) is 13.0. The predicted molar refractivity (Wildman–Crippen MR) is 65.9 cm³/mol. The summed E-state index contributed by atoms with van der Waals surface area (Å²) in [6.45, 7) is 2.89. The Balaban J connectivity index is 2.30. The molecule has 96 valence electrons. The fraction of sp³-hybridized carbons (Fsp3) is 0.333. The van der Waals surface area contributed by atoms with Gasteiger partial charge in [-0.2, -0.15) is 5.10 Å². The van der Waals surface area contributed by atoms with E-state index < -0.39 is 6.04 Å². The van der Waals surface area contributed by atoms with E-state index in [0.29, 0.717) is 0 Å². The summed E-state index contributed by atoms with van der Waals surface area (Å²) in [4.78, 5) is 4.03. The highest BCUT2D eigenvalue weighted by Crippen LogP contribution is 2.21. The molecule has 2 heterocycles. The molecule has 2 aromatic heterocycles. The summed E-state index contributed by atoms with van der Waals surface area (Å²) < 4.78 is 15.5. The molecule has 0 aromatic carbocycles. The van der Waals surface area contributed by atoms with Gasteiger partial charge in [0.1, 0.15) is 5.82 Å². The van der Waals surface area contributed by atoms with Crippen LogP contribution in [0.25, 0.3) is 0 Å². The van der Waals surface area contributed by atoms with E-state index >= 15 is 0 Å². The minimum absolute atomic E-state index is 0.274. The van der Waals surface area contributed by atoms with Crippen molar-refractivity contribution in [1.29, 1.82) is 0 Å². The molecule has 0 amide bonds. The number of nitrogens with zero attached hydrogens (tertiary/aromatic N) is 3. The smallest absolute Gasteiger partial charge is 0.146 e. The molecule has 1 unspecified atom stereocenters. The van der Waals surface area contributed by atoms with Crippen molar-refractivity contribution in [1.82, 2.24) is 20.2 Å². The molecule has 0 aliphatic heterocycles. The number of halogens is 1. The molecule has 0 aliphatic carbocycles. The molecule has 2 aromatic rings. The van der Waals surface area contributed by atoms with Gasteiger partial charge < -0.3 is 0 Å². The van der Waals surface area contributed by atoms with E-state index in [2.05, 4.69) is 22.4 Å². The van der Waals surface area contributed by atoms with Gasteiger partial charge in [-0.15, -0.1) is 0 Å². The van der Waals surface area contributed by atoms with E-state index in [1.165, 1.54) is 6.07 Å². The van der Waals surface area contributed by atoms with Crippen LogP contribution >= 0.6 is 0 Å². The fourth-order valence-corrected chi connectivity index (χ4v) is 1.82. The largest absolute Gasteiger partial charge is 0.272 e. The molecule has 2 rings (SSSR count). The van der Waals surface area contributed by atoms with E-state index in [-0.39, 0.29) is 11.5 Å². The van der Waals surface area contributed by atoms with Crippen LogP contribution < -0.4 is 11.3 Å². The topological polar surface area (TPSA) is 68.8 Å². The van der Waals surface area contributed by atoms with Crippen LogP contribution in [0.2, 0.25) is 0 Å². The third-order valence-electron chi connectivity index (χ3n) is 2.67. The predicted octanol–water partition coefficient (Wildman–Crippen LogP) is 1.38. The number of hydrazine groups is 1. The van der Waals surface area contributed by atoms with Crippen LogP contribution in [-0.2, 0) is 6.54 Å². The first-order chi connectivity index (χ1) is 8.76. The molecule has 0 aliphatic rings. The maximum atomic E-state index is 13.7. The molecule has 0 saturated carbocycles. The normalized spacial score (nSPS) is 12.6. The van der Waals surface area contributed by atoms with Gasteiger partial charge in [-0.1, -0.05) is 6.92 Å². The maximum absolute atomic E-state index is 13.7. The van der Waals surface area contributed by atoms with Crippen LogP contribution in [-0.4, -0.2) is 14.8 Å². The van der Waals surface area contributed by atoms with Crippen molar-refractivity contribution in [2.75, 3.05) is 0 Å². The minimum Gasteiger partial charge on any atom is -0.272 e. The third kappa shape index (κ3) is 2.55. The van der Waals surface area contributed by atoms with Gasteiger partial charge in [0, 0.05) is 24.5 Å². The van der Waals surface area contributed by atoms with Gasteiger partial charge in [-0.3, -0.25) is 15.5 Å². The van der Waals surface area contributed by atoms with Crippen molar-refractivity contribution in [3.05, 3.63) is 47.8 Å². The summed E-state index contributed by atoms with van der Waals surface area (Å²) in [6.07, 6.45) is 6.05. The summed E-state index contributed by atoms with van der Waals surface area (Å²) in [5.74, 6) is 5.11. The maximum Gasteiger partial charge on any atom is 0.146 e. The van der Waals surface area contributed by atoms with Crippen LogP contribution in [0.3, 0.4) is 0 Å². The summed E-state index contributed by atoms with van der Waals surface area (Å²) in [5, 5.41) is 4.20. The van der Waals surface area contributed by atoms with E-state index in [0.717, 1.165) is 18.5 Å². The summed E-state index contributed by atoms with van der Waals surface area (Å²) in [7, 11) is 0. The zero-order valence-corrected chi connectivity index (χ0v) is 10.2. The second kappa shape index (κ2) is 5.70. The van der Waals surface area contributed by atoms with Crippen LogP contribution in [0, 0.1) is 5.82 Å². The lowest BCUT2D eigenvalue weighted by molar-refractivity contribution is 0.542. The standard InChI is InChI=1S/C12H16FN5/c1-2-6-18-8-9(7-16-18)11(17-14)12-10(13)4-3-5-15-12/h3-5,7-8,11,17H,2,6,14H2,1H3. The van der Waals surface area contributed by atoms with E-state index in [9.17, 15) is 4.39 Å². The molecule has 0 fully saturated rings. The second-order valence-electron chi connectivity index (χ2n) is 4.01. The van der Waals surface area contributed by atoms with E-state index in [1.807, 2.05) is 6.20 Å². The lowest BCUT2D eigenvalue weighted by Crippen LogP contribution is -2.30. The molecule has 3 N–H and O–H groups in total. The van der Waals surface area contributed by atoms with Crippen molar-refractivity contribution in [2.45, 2.75) is 25.9 Å². The Bertz CT molecular complexity index is 511. The van der Waals surface area contributed by atoms with Crippen molar-refractivity contribution >= 4 is 0 Å². The number of nitrogens with one attached hydrogen (secondary N) is 1. The molecular weight excluding hydrogens is 233 g/mol. The lowest BCUT2D eigenvalue weighted by atomic mass is 10.1. The SMILES string of the molecule is CCCn1cc(C(NN)c2ncccc2F)cn1. The fourth-order valence-electron chi connectivity index (χ4n) is 1.82. The molecule has 0 bridgehead atoms. The highest BCUT2D eigenvalue weighted by Gasteiger charge is 2.19. The Morgan fingerprint density at radius 3 is 3.06 bits per heavy atom. The number of hydrogen-bond donors (Lipinski definition) is 2. The third-order valence-corrected chi connectivity index (χ3v) is 2.67. The van der Waals surface area contributed by atoms with Crippen LogP contribution in [0.1, 0.15) is 30.6 Å². The van der Waals surface area contributed by atoms with Crippen molar-refractivity contribution in [2.24, 2.45) is 5.84 Å². The van der Waals surface area contributed by atoms with Gasteiger partial charge in [0.15, 0.2) is 0 Å². The number of aromatic nitrogens is 3. The van der Waals surface area contributed by atoms with Crippen molar-refractivity contribution in [3.8, 4) is 0 Å². The molecule has 5 nitrogen and oxygen atoms in total. The first kappa shape index (κ1) is 12.7. The van der Waals surface area contributed by atoms with Gasteiger partial charge in [0.2, 0.25) is 0 Å². The van der Waals surface area contributed by atoms with Crippen LogP contribution in [0.15, 0.2) is 30.7 Å². The Morgan fingerprint density at radius 2 is 2.39 bits per heavy atom. The quantitative estimate of drug-likeness (QED) is 0.620. The number of rotatable bonds is 5. The Hall–Kier alpha value is -1.79. The first-order valence-electron chi connectivity index (χ1n) is 5.85. The number of hydrogen-bond acceptors (Lipinski definition) is 4.